The van der Waals surface area contributed by atoms with Crippen molar-refractivity contribution in [2.75, 3.05) is 24.8 Å². The Bertz CT molecular complexity index is 1270. The fraction of sp³-hybridized carbons (Fsp3) is 0.370. The van der Waals surface area contributed by atoms with Crippen LogP contribution in [0.15, 0.2) is 58.9 Å². The maximum absolute atomic E-state index is 13.2. The van der Waals surface area contributed by atoms with Gasteiger partial charge in [-0.15, -0.1) is 5.10 Å². The molecule has 1 atom stereocenters. The quantitative estimate of drug-likeness (QED) is 0.283. The van der Waals surface area contributed by atoms with E-state index in [2.05, 4.69) is 23.3 Å². The molecule has 0 amide bonds. The average molecular weight is 509 g/mol. The number of allylic oxidation sites excluding steroid dienone is 1. The van der Waals surface area contributed by atoms with Crippen molar-refractivity contribution < 1.29 is 19.0 Å². The third kappa shape index (κ3) is 5.36. The van der Waals surface area contributed by atoms with Gasteiger partial charge in [0.05, 0.1) is 19.3 Å². The molecule has 190 valence electrons. The summed E-state index contributed by atoms with van der Waals surface area (Å²) >= 11 is 1.54. The number of aryl methyl sites for hydroxylation is 1. The maximum Gasteiger partial charge on any atom is 0.338 e. The van der Waals surface area contributed by atoms with Crippen LogP contribution in [0.25, 0.3) is 0 Å². The maximum atomic E-state index is 13.2. The van der Waals surface area contributed by atoms with Gasteiger partial charge in [-0.25, -0.2) is 9.48 Å². The van der Waals surface area contributed by atoms with Crippen LogP contribution in [0.4, 0.5) is 5.95 Å². The highest BCUT2D eigenvalue weighted by Crippen LogP contribution is 2.40. The van der Waals surface area contributed by atoms with E-state index < -0.39 is 6.04 Å². The Kier molecular flexibility index (Phi) is 8.20. The molecule has 1 N–H and O–H groups in total. The number of carbonyl (C=O) groups is 1. The summed E-state index contributed by atoms with van der Waals surface area (Å²) in [7, 11) is 1.61. The van der Waals surface area contributed by atoms with E-state index in [0.29, 0.717) is 47.1 Å². The number of esters is 1. The van der Waals surface area contributed by atoms with Crippen molar-refractivity contribution in [1.82, 2.24) is 14.8 Å². The lowest BCUT2D eigenvalue weighted by molar-refractivity contribution is -0.139. The third-order valence-electron chi connectivity index (χ3n) is 5.91. The summed E-state index contributed by atoms with van der Waals surface area (Å²) in [6, 6.07) is 13.3. The first-order valence-electron chi connectivity index (χ1n) is 12.1. The van der Waals surface area contributed by atoms with E-state index in [1.54, 1.807) is 23.6 Å². The second kappa shape index (κ2) is 11.5. The molecular formula is C27H32N4O4S. The number of ether oxygens (including phenoxy) is 3. The van der Waals surface area contributed by atoms with Crippen molar-refractivity contribution in [3.63, 3.8) is 0 Å². The minimum atomic E-state index is -0.524. The van der Waals surface area contributed by atoms with Gasteiger partial charge in [-0.05, 0) is 54.8 Å². The van der Waals surface area contributed by atoms with Gasteiger partial charge < -0.3 is 19.5 Å². The molecule has 9 heteroatoms. The van der Waals surface area contributed by atoms with E-state index in [-0.39, 0.29) is 5.97 Å². The van der Waals surface area contributed by atoms with E-state index in [4.69, 9.17) is 19.3 Å². The van der Waals surface area contributed by atoms with Crippen LogP contribution in [0.5, 0.6) is 11.5 Å². The van der Waals surface area contributed by atoms with Crippen molar-refractivity contribution in [2.45, 2.75) is 51.9 Å². The van der Waals surface area contributed by atoms with Gasteiger partial charge in [0.15, 0.2) is 11.5 Å². The molecule has 0 saturated heterocycles. The van der Waals surface area contributed by atoms with Crippen LogP contribution in [0.3, 0.4) is 0 Å². The molecule has 0 bridgehead atoms. The Hall–Kier alpha value is -3.46. The van der Waals surface area contributed by atoms with Gasteiger partial charge >= 0.3 is 5.97 Å². The van der Waals surface area contributed by atoms with E-state index >= 15 is 0 Å². The average Bonchev–Trinajstić information content (AvgIpc) is 3.28. The van der Waals surface area contributed by atoms with Gasteiger partial charge in [0, 0.05) is 5.70 Å². The van der Waals surface area contributed by atoms with E-state index in [9.17, 15) is 4.79 Å². The predicted octanol–water partition coefficient (Wildman–Crippen LogP) is 5.53. The predicted molar refractivity (Wildman–Crippen MR) is 141 cm³/mol. The SMILES string of the molecule is CCCOC(=O)C1=C(C)Nc2nc(SCC)nn2C1c1ccc(OCc2ccccc2C)c(OC)c1. The monoisotopic (exact) mass is 508 g/mol. The highest BCUT2D eigenvalue weighted by Gasteiger charge is 2.35. The summed E-state index contributed by atoms with van der Waals surface area (Å²) in [5.74, 6) is 2.24. The number of aromatic nitrogens is 3. The Morgan fingerprint density at radius 3 is 2.67 bits per heavy atom. The number of nitrogens with zero attached hydrogens (tertiary/aromatic N) is 3. The van der Waals surface area contributed by atoms with Crippen LogP contribution in [0.2, 0.25) is 0 Å². The van der Waals surface area contributed by atoms with Gasteiger partial charge in [-0.2, -0.15) is 4.98 Å². The van der Waals surface area contributed by atoms with Crippen LogP contribution >= 0.6 is 11.8 Å². The topological polar surface area (TPSA) is 87.5 Å². The van der Waals surface area contributed by atoms with Gasteiger partial charge in [0.2, 0.25) is 11.1 Å². The Labute approximate surface area is 216 Å². The number of thioether (sulfide) groups is 1. The Balaban J connectivity index is 1.71. The number of methoxy groups -OCH3 is 1. The molecule has 1 aliphatic rings. The lowest BCUT2D eigenvalue weighted by Gasteiger charge is -2.28. The van der Waals surface area contributed by atoms with Gasteiger partial charge in [0.1, 0.15) is 12.6 Å². The molecule has 0 spiro atoms. The summed E-state index contributed by atoms with van der Waals surface area (Å²) in [6.45, 7) is 8.71. The molecule has 0 saturated carbocycles. The zero-order chi connectivity index (χ0) is 25.7. The highest BCUT2D eigenvalue weighted by atomic mass is 32.2. The largest absolute Gasteiger partial charge is 0.493 e. The smallest absolute Gasteiger partial charge is 0.338 e. The van der Waals surface area contributed by atoms with Gasteiger partial charge in [-0.1, -0.05) is 55.9 Å². The van der Waals surface area contributed by atoms with Crippen molar-refractivity contribution in [3.05, 3.63) is 70.4 Å². The summed E-state index contributed by atoms with van der Waals surface area (Å²) < 4.78 is 19.1. The summed E-state index contributed by atoms with van der Waals surface area (Å²) in [5, 5.41) is 8.57. The molecule has 3 aromatic rings. The minimum absolute atomic E-state index is 0.346. The number of rotatable bonds is 10. The molecule has 8 nitrogen and oxygen atoms in total. The normalized spacial score (nSPS) is 14.8. The molecule has 2 aromatic carbocycles. The first-order valence-corrected chi connectivity index (χ1v) is 13.0. The van der Waals surface area contributed by atoms with Crippen molar-refractivity contribution in [1.29, 1.82) is 0 Å². The van der Waals surface area contributed by atoms with Crippen LogP contribution in [0.1, 0.15) is 49.9 Å². The first-order chi connectivity index (χ1) is 17.5. The lowest BCUT2D eigenvalue weighted by atomic mass is 9.95. The molecule has 1 aliphatic heterocycles. The molecule has 1 unspecified atom stereocenters. The summed E-state index contributed by atoms with van der Waals surface area (Å²) in [6.07, 6.45) is 0.739. The van der Waals surface area contributed by atoms with Crippen LogP contribution in [0, 0.1) is 6.92 Å². The van der Waals surface area contributed by atoms with Crippen LogP contribution in [-0.4, -0.2) is 40.2 Å². The Morgan fingerprint density at radius 2 is 1.94 bits per heavy atom. The number of hydrogen-bond acceptors (Lipinski definition) is 8. The number of benzene rings is 2. The number of fused-ring (bicyclic) bond motifs is 1. The Morgan fingerprint density at radius 1 is 1.14 bits per heavy atom. The fourth-order valence-electron chi connectivity index (χ4n) is 4.07. The van der Waals surface area contributed by atoms with E-state index in [0.717, 1.165) is 28.9 Å². The summed E-state index contributed by atoms with van der Waals surface area (Å²) in [5.41, 5.74) is 4.27. The number of hydrogen-bond donors (Lipinski definition) is 1. The van der Waals surface area contributed by atoms with Gasteiger partial charge in [0.25, 0.3) is 0 Å². The van der Waals surface area contributed by atoms with Crippen molar-refractivity contribution >= 4 is 23.7 Å². The zero-order valence-electron chi connectivity index (χ0n) is 21.3. The molecule has 2 heterocycles. The third-order valence-corrected chi connectivity index (χ3v) is 6.63. The second-order valence-corrected chi connectivity index (χ2v) is 9.65. The van der Waals surface area contributed by atoms with E-state index in [1.165, 1.54) is 0 Å². The van der Waals surface area contributed by atoms with Crippen LogP contribution in [-0.2, 0) is 16.1 Å². The summed E-state index contributed by atoms with van der Waals surface area (Å²) in [4.78, 5) is 17.8. The minimum Gasteiger partial charge on any atom is -0.493 e. The van der Waals surface area contributed by atoms with Gasteiger partial charge in [-0.3, -0.25) is 0 Å². The molecule has 1 aromatic heterocycles. The first kappa shape index (κ1) is 25.6. The number of carbonyl (C=O) groups excluding carboxylic acids is 1. The number of nitrogens with one attached hydrogen (secondary N) is 1. The molecule has 36 heavy (non-hydrogen) atoms. The van der Waals surface area contributed by atoms with E-state index in [1.807, 2.05) is 57.2 Å². The molecule has 4 rings (SSSR count). The molecule has 0 fully saturated rings. The number of anilines is 1. The molecule has 0 radical (unpaired) electrons. The fourth-order valence-corrected chi connectivity index (χ4v) is 4.62. The standard InChI is InChI=1S/C27H32N4O4S/c1-6-14-34-25(32)23-18(4)28-26-29-27(36-7-2)30-31(26)24(23)19-12-13-21(22(15-19)33-5)35-16-20-11-9-8-10-17(20)3/h8-13,15,24H,6-7,14,16H2,1-5H3,(H,28,29,30). The van der Waals surface area contributed by atoms with Crippen molar-refractivity contribution in [3.8, 4) is 11.5 Å². The highest BCUT2D eigenvalue weighted by molar-refractivity contribution is 7.99. The second-order valence-electron chi connectivity index (χ2n) is 8.42. The molecule has 0 aliphatic carbocycles. The van der Waals surface area contributed by atoms with Crippen LogP contribution < -0.4 is 14.8 Å². The zero-order valence-corrected chi connectivity index (χ0v) is 22.1. The van der Waals surface area contributed by atoms with Crippen molar-refractivity contribution in [2.24, 2.45) is 0 Å². The lowest BCUT2D eigenvalue weighted by Crippen LogP contribution is -2.29. The molecular weight excluding hydrogens is 476 g/mol.